The van der Waals surface area contributed by atoms with E-state index in [0.29, 0.717) is 23.3 Å². The summed E-state index contributed by atoms with van der Waals surface area (Å²) in [6.07, 6.45) is 3.42. The monoisotopic (exact) mass is 336 g/mol. The zero-order chi connectivity index (χ0) is 17.8. The molecule has 0 aromatic heterocycles. The van der Waals surface area contributed by atoms with Crippen LogP contribution in [0.3, 0.4) is 0 Å². The van der Waals surface area contributed by atoms with E-state index in [1.165, 1.54) is 6.42 Å². The van der Waals surface area contributed by atoms with Gasteiger partial charge < -0.3 is 4.74 Å². The molecule has 1 aliphatic rings. The molecule has 1 aliphatic carbocycles. The Hall–Kier alpha value is -2.09. The Morgan fingerprint density at radius 2 is 1.60 bits per heavy atom. The summed E-state index contributed by atoms with van der Waals surface area (Å²) in [5.74, 6) is 1.46. The summed E-state index contributed by atoms with van der Waals surface area (Å²) in [6, 6.07) is 17.9. The zero-order valence-electron chi connectivity index (χ0n) is 15.4. The molecule has 0 radical (unpaired) electrons. The third-order valence-corrected chi connectivity index (χ3v) is 5.45. The minimum Gasteiger partial charge on any atom is -0.458 e. The zero-order valence-corrected chi connectivity index (χ0v) is 15.4. The van der Waals surface area contributed by atoms with E-state index in [9.17, 15) is 4.79 Å². The highest BCUT2D eigenvalue weighted by atomic mass is 16.5. The van der Waals surface area contributed by atoms with Gasteiger partial charge in [0.2, 0.25) is 0 Å². The molecule has 25 heavy (non-hydrogen) atoms. The molecule has 0 bridgehead atoms. The van der Waals surface area contributed by atoms with Gasteiger partial charge in [0.05, 0.1) is 5.56 Å². The molecule has 2 heteroatoms. The second-order valence-corrected chi connectivity index (χ2v) is 7.71. The van der Waals surface area contributed by atoms with Crippen molar-refractivity contribution in [1.29, 1.82) is 0 Å². The van der Waals surface area contributed by atoms with Gasteiger partial charge in [-0.05, 0) is 53.9 Å². The topological polar surface area (TPSA) is 26.3 Å². The largest absolute Gasteiger partial charge is 0.458 e. The number of hydrogen-bond donors (Lipinski definition) is 0. The maximum atomic E-state index is 12.6. The van der Waals surface area contributed by atoms with Crippen LogP contribution < -0.4 is 0 Å². The van der Waals surface area contributed by atoms with Crippen LogP contribution in [-0.2, 0) is 4.74 Å². The molecular weight excluding hydrogens is 308 g/mol. The molecule has 132 valence electrons. The average molecular weight is 336 g/mol. The molecule has 1 fully saturated rings. The highest BCUT2D eigenvalue weighted by molar-refractivity contribution is 5.90. The van der Waals surface area contributed by atoms with Gasteiger partial charge in [-0.1, -0.05) is 69.7 Å². The van der Waals surface area contributed by atoms with Crippen molar-refractivity contribution in [1.82, 2.24) is 0 Å². The highest BCUT2D eigenvalue weighted by Gasteiger charge is 2.33. The van der Waals surface area contributed by atoms with Gasteiger partial charge in [-0.15, -0.1) is 0 Å². The fourth-order valence-electron chi connectivity index (χ4n) is 3.89. The number of carbonyl (C=O) groups is 1. The second-order valence-electron chi connectivity index (χ2n) is 7.71. The van der Waals surface area contributed by atoms with E-state index in [0.717, 1.165) is 24.0 Å². The first kappa shape index (κ1) is 17.7. The van der Waals surface area contributed by atoms with E-state index in [1.807, 2.05) is 42.5 Å². The van der Waals surface area contributed by atoms with Crippen LogP contribution in [0.15, 0.2) is 54.6 Å². The average Bonchev–Trinajstić information content (AvgIpc) is 2.62. The van der Waals surface area contributed by atoms with E-state index in [4.69, 9.17) is 4.74 Å². The maximum absolute atomic E-state index is 12.6. The van der Waals surface area contributed by atoms with Gasteiger partial charge in [0.15, 0.2) is 0 Å². The minimum absolute atomic E-state index is 0.0463. The SMILES string of the molecule is CC(C)[C@H]1CC[C@@H](C)C[C@H]1OC(=O)c1ccc(-c2ccccc2)cc1. The Balaban J connectivity index is 1.70. The molecule has 0 N–H and O–H groups in total. The lowest BCUT2D eigenvalue weighted by Crippen LogP contribution is -2.35. The van der Waals surface area contributed by atoms with E-state index in [1.54, 1.807) is 0 Å². The lowest BCUT2D eigenvalue weighted by molar-refractivity contribution is -0.0174. The molecule has 1 saturated carbocycles. The van der Waals surface area contributed by atoms with Gasteiger partial charge in [-0.25, -0.2) is 4.79 Å². The van der Waals surface area contributed by atoms with Crippen LogP contribution in [0.4, 0.5) is 0 Å². The standard InChI is InChI=1S/C23H28O2/c1-16(2)21-14-9-17(3)15-22(21)25-23(24)20-12-10-19(11-13-20)18-7-5-4-6-8-18/h4-8,10-13,16-17,21-22H,9,14-15H2,1-3H3/t17-,21-,22-/m1/s1. The van der Waals surface area contributed by atoms with Crippen LogP contribution in [0.25, 0.3) is 11.1 Å². The van der Waals surface area contributed by atoms with Crippen molar-refractivity contribution in [2.75, 3.05) is 0 Å². The van der Waals surface area contributed by atoms with Crippen molar-refractivity contribution in [3.05, 3.63) is 60.2 Å². The third-order valence-electron chi connectivity index (χ3n) is 5.45. The van der Waals surface area contributed by atoms with Gasteiger partial charge in [-0.2, -0.15) is 0 Å². The molecule has 3 atom stereocenters. The normalized spacial score (nSPS) is 23.4. The minimum atomic E-state index is -0.190. The van der Waals surface area contributed by atoms with Crippen molar-refractivity contribution >= 4 is 5.97 Å². The number of benzene rings is 2. The van der Waals surface area contributed by atoms with E-state index >= 15 is 0 Å². The number of ether oxygens (including phenoxy) is 1. The van der Waals surface area contributed by atoms with Crippen LogP contribution in [-0.4, -0.2) is 12.1 Å². The van der Waals surface area contributed by atoms with E-state index in [2.05, 4.69) is 32.9 Å². The first-order chi connectivity index (χ1) is 12.0. The summed E-state index contributed by atoms with van der Waals surface area (Å²) in [5, 5.41) is 0. The summed E-state index contributed by atoms with van der Waals surface area (Å²) in [7, 11) is 0. The fourth-order valence-corrected chi connectivity index (χ4v) is 3.89. The molecule has 0 spiro atoms. The van der Waals surface area contributed by atoms with Gasteiger partial charge in [-0.3, -0.25) is 0 Å². The maximum Gasteiger partial charge on any atom is 0.338 e. The Morgan fingerprint density at radius 1 is 0.960 bits per heavy atom. The summed E-state index contributed by atoms with van der Waals surface area (Å²) in [4.78, 5) is 12.6. The van der Waals surface area contributed by atoms with Crippen LogP contribution in [0.5, 0.6) is 0 Å². The number of hydrogen-bond acceptors (Lipinski definition) is 2. The smallest absolute Gasteiger partial charge is 0.338 e. The number of carbonyl (C=O) groups excluding carboxylic acids is 1. The van der Waals surface area contributed by atoms with Gasteiger partial charge >= 0.3 is 5.97 Å². The molecule has 2 nitrogen and oxygen atoms in total. The van der Waals surface area contributed by atoms with Gasteiger partial charge in [0.1, 0.15) is 6.10 Å². The molecule has 3 rings (SSSR count). The molecule has 0 unspecified atom stereocenters. The quantitative estimate of drug-likeness (QED) is 0.643. The summed E-state index contributed by atoms with van der Waals surface area (Å²) < 4.78 is 5.93. The third kappa shape index (κ3) is 4.31. The molecule has 0 amide bonds. The predicted molar refractivity (Wildman–Crippen MR) is 102 cm³/mol. The predicted octanol–water partition coefficient (Wildman–Crippen LogP) is 5.97. The Morgan fingerprint density at radius 3 is 2.24 bits per heavy atom. The molecule has 0 saturated heterocycles. The first-order valence-corrected chi connectivity index (χ1v) is 9.41. The number of rotatable bonds is 4. The van der Waals surface area contributed by atoms with Crippen LogP contribution >= 0.6 is 0 Å². The highest BCUT2D eigenvalue weighted by Crippen LogP contribution is 2.35. The van der Waals surface area contributed by atoms with Gasteiger partial charge in [0.25, 0.3) is 0 Å². The fraction of sp³-hybridized carbons (Fsp3) is 0.435. The molecule has 2 aromatic rings. The van der Waals surface area contributed by atoms with Crippen molar-refractivity contribution in [3.63, 3.8) is 0 Å². The molecule has 0 heterocycles. The van der Waals surface area contributed by atoms with Crippen molar-refractivity contribution in [2.24, 2.45) is 17.8 Å². The van der Waals surface area contributed by atoms with Crippen LogP contribution in [0, 0.1) is 17.8 Å². The molecular formula is C23H28O2. The van der Waals surface area contributed by atoms with Crippen LogP contribution in [0.2, 0.25) is 0 Å². The summed E-state index contributed by atoms with van der Waals surface area (Å²) in [5.41, 5.74) is 2.91. The first-order valence-electron chi connectivity index (χ1n) is 9.41. The molecule has 0 aliphatic heterocycles. The van der Waals surface area contributed by atoms with Crippen molar-refractivity contribution in [3.8, 4) is 11.1 Å². The van der Waals surface area contributed by atoms with Crippen molar-refractivity contribution < 1.29 is 9.53 Å². The molecule has 2 aromatic carbocycles. The summed E-state index contributed by atoms with van der Waals surface area (Å²) in [6.45, 7) is 6.72. The lowest BCUT2D eigenvalue weighted by Gasteiger charge is -2.36. The van der Waals surface area contributed by atoms with Gasteiger partial charge in [0, 0.05) is 0 Å². The Labute approximate surface area is 151 Å². The summed E-state index contributed by atoms with van der Waals surface area (Å²) >= 11 is 0. The van der Waals surface area contributed by atoms with E-state index < -0.39 is 0 Å². The Bertz CT molecular complexity index is 688. The Kier molecular flexibility index (Phi) is 5.57. The lowest BCUT2D eigenvalue weighted by atomic mass is 9.75. The van der Waals surface area contributed by atoms with Crippen LogP contribution in [0.1, 0.15) is 50.4 Å². The second kappa shape index (κ2) is 7.86. The van der Waals surface area contributed by atoms with Crippen molar-refractivity contribution in [2.45, 2.75) is 46.1 Å². The number of esters is 1. The van der Waals surface area contributed by atoms with E-state index in [-0.39, 0.29) is 12.1 Å².